The van der Waals surface area contributed by atoms with Gasteiger partial charge in [-0.25, -0.2) is 0 Å². The third-order valence-electron chi connectivity index (χ3n) is 3.18. The normalized spacial score (nSPS) is 13.0. The minimum absolute atomic E-state index is 0.132. The maximum Gasteiger partial charge on any atom is 0.248 e. The maximum atomic E-state index is 11.8. The second-order valence-electron chi connectivity index (χ2n) is 4.65. The van der Waals surface area contributed by atoms with E-state index in [1.807, 2.05) is 48.5 Å². The first kappa shape index (κ1) is 12.5. The highest BCUT2D eigenvalue weighted by Gasteiger charge is 2.11. The number of hydrogen-bond acceptors (Lipinski definition) is 2. The molecule has 0 saturated heterocycles. The molecule has 3 heteroatoms. The molecule has 0 spiro atoms. The molecule has 100 valence electrons. The van der Waals surface area contributed by atoms with Crippen LogP contribution in [0.5, 0.6) is 5.75 Å². The highest BCUT2D eigenvalue weighted by molar-refractivity contribution is 6.01. The summed E-state index contributed by atoms with van der Waals surface area (Å²) in [5.41, 5.74) is 3.01. The molecule has 0 aromatic heterocycles. The first-order chi connectivity index (χ1) is 9.81. The predicted octanol–water partition coefficient (Wildman–Crippen LogP) is 3.27. The number of benzene rings is 2. The van der Waals surface area contributed by atoms with Crippen LogP contribution in [0.1, 0.15) is 11.1 Å². The van der Waals surface area contributed by atoms with Crippen molar-refractivity contribution in [3.05, 3.63) is 65.7 Å². The maximum absolute atomic E-state index is 11.8. The molecule has 1 aliphatic rings. The number of fused-ring (bicyclic) bond motifs is 1. The Morgan fingerprint density at radius 3 is 2.85 bits per heavy atom. The second kappa shape index (κ2) is 5.61. The molecule has 1 N–H and O–H groups in total. The smallest absolute Gasteiger partial charge is 0.248 e. The molecule has 3 rings (SSSR count). The second-order valence-corrected chi connectivity index (χ2v) is 4.65. The van der Waals surface area contributed by atoms with Crippen LogP contribution in [0, 0.1) is 0 Å². The standard InChI is InChI=1S/C17H15NO2/c19-17(18-15-4-2-1-3-5-15)9-7-13-6-8-16-14(12-13)10-11-20-16/h1-9,12H,10-11H2,(H,18,19)/b9-7+. The first-order valence-corrected chi connectivity index (χ1v) is 6.61. The van der Waals surface area contributed by atoms with E-state index in [1.54, 1.807) is 6.08 Å². The van der Waals surface area contributed by atoms with Crippen LogP contribution < -0.4 is 10.1 Å². The van der Waals surface area contributed by atoms with Crippen LogP contribution in [0.3, 0.4) is 0 Å². The molecule has 0 unspecified atom stereocenters. The zero-order chi connectivity index (χ0) is 13.8. The zero-order valence-electron chi connectivity index (χ0n) is 11.0. The molecular weight excluding hydrogens is 250 g/mol. The molecule has 20 heavy (non-hydrogen) atoms. The molecule has 1 amide bonds. The summed E-state index contributed by atoms with van der Waals surface area (Å²) in [5.74, 6) is 0.823. The Morgan fingerprint density at radius 1 is 1.15 bits per heavy atom. The molecule has 3 nitrogen and oxygen atoms in total. The van der Waals surface area contributed by atoms with Crippen LogP contribution >= 0.6 is 0 Å². The Labute approximate surface area is 117 Å². The Balaban J connectivity index is 1.66. The van der Waals surface area contributed by atoms with E-state index in [1.165, 1.54) is 5.56 Å². The van der Waals surface area contributed by atoms with Crippen molar-refractivity contribution in [2.24, 2.45) is 0 Å². The van der Waals surface area contributed by atoms with Gasteiger partial charge >= 0.3 is 0 Å². The third-order valence-corrected chi connectivity index (χ3v) is 3.18. The molecule has 1 aliphatic heterocycles. The number of ether oxygens (including phenoxy) is 1. The van der Waals surface area contributed by atoms with Crippen molar-refractivity contribution in [2.45, 2.75) is 6.42 Å². The number of carbonyl (C=O) groups is 1. The Hall–Kier alpha value is -2.55. The van der Waals surface area contributed by atoms with Crippen LogP contribution in [0.2, 0.25) is 0 Å². The number of amides is 1. The van der Waals surface area contributed by atoms with E-state index >= 15 is 0 Å². The van der Waals surface area contributed by atoms with Gasteiger partial charge in [0, 0.05) is 18.2 Å². The molecule has 2 aromatic carbocycles. The lowest BCUT2D eigenvalue weighted by Gasteiger charge is -2.01. The van der Waals surface area contributed by atoms with E-state index in [0.717, 1.165) is 30.0 Å². The summed E-state index contributed by atoms with van der Waals surface area (Å²) in [6.45, 7) is 0.747. The number of carbonyl (C=O) groups excluding carboxylic acids is 1. The van der Waals surface area contributed by atoms with Crippen molar-refractivity contribution in [2.75, 3.05) is 11.9 Å². The van der Waals surface area contributed by atoms with Gasteiger partial charge in [0.15, 0.2) is 0 Å². The summed E-state index contributed by atoms with van der Waals surface area (Å²) in [6.07, 6.45) is 4.30. The summed E-state index contributed by atoms with van der Waals surface area (Å²) in [4.78, 5) is 11.8. The first-order valence-electron chi connectivity index (χ1n) is 6.61. The predicted molar refractivity (Wildman–Crippen MR) is 79.7 cm³/mol. The summed E-state index contributed by atoms with van der Waals surface area (Å²) in [5, 5.41) is 2.81. The van der Waals surface area contributed by atoms with Crippen LogP contribution in [0.4, 0.5) is 5.69 Å². The number of rotatable bonds is 3. The molecule has 0 atom stereocenters. The molecule has 1 heterocycles. The van der Waals surface area contributed by atoms with Crippen molar-refractivity contribution in [1.29, 1.82) is 0 Å². The number of para-hydroxylation sites is 1. The van der Waals surface area contributed by atoms with E-state index in [4.69, 9.17) is 4.74 Å². The van der Waals surface area contributed by atoms with Crippen molar-refractivity contribution in [1.82, 2.24) is 0 Å². The molecule has 0 bridgehead atoms. The van der Waals surface area contributed by atoms with Gasteiger partial charge in [-0.2, -0.15) is 0 Å². The minimum Gasteiger partial charge on any atom is -0.493 e. The average Bonchev–Trinajstić information content (AvgIpc) is 2.93. The fraction of sp³-hybridized carbons (Fsp3) is 0.118. The van der Waals surface area contributed by atoms with Crippen molar-refractivity contribution in [3.63, 3.8) is 0 Å². The van der Waals surface area contributed by atoms with Gasteiger partial charge in [-0.15, -0.1) is 0 Å². The number of hydrogen-bond donors (Lipinski definition) is 1. The molecule has 0 radical (unpaired) electrons. The molecule has 2 aromatic rings. The van der Waals surface area contributed by atoms with Crippen LogP contribution in [0.15, 0.2) is 54.6 Å². The Morgan fingerprint density at radius 2 is 2.00 bits per heavy atom. The third kappa shape index (κ3) is 2.88. The van der Waals surface area contributed by atoms with Gasteiger partial charge in [0.2, 0.25) is 5.91 Å². The van der Waals surface area contributed by atoms with Gasteiger partial charge in [0.1, 0.15) is 5.75 Å². The fourth-order valence-electron chi connectivity index (χ4n) is 2.19. The van der Waals surface area contributed by atoms with Crippen LogP contribution in [-0.2, 0) is 11.2 Å². The zero-order valence-corrected chi connectivity index (χ0v) is 11.0. The van der Waals surface area contributed by atoms with Gasteiger partial charge in [-0.05, 0) is 41.5 Å². The summed E-state index contributed by atoms with van der Waals surface area (Å²) < 4.78 is 5.45. The Kier molecular flexibility index (Phi) is 3.50. The van der Waals surface area contributed by atoms with E-state index in [0.29, 0.717) is 0 Å². The lowest BCUT2D eigenvalue weighted by Crippen LogP contribution is -2.07. The van der Waals surface area contributed by atoms with Gasteiger partial charge in [-0.3, -0.25) is 4.79 Å². The SMILES string of the molecule is O=C(/C=C/c1ccc2c(c1)CCO2)Nc1ccccc1. The van der Waals surface area contributed by atoms with E-state index < -0.39 is 0 Å². The van der Waals surface area contributed by atoms with E-state index in [2.05, 4.69) is 11.4 Å². The van der Waals surface area contributed by atoms with Crippen molar-refractivity contribution < 1.29 is 9.53 Å². The summed E-state index contributed by atoms with van der Waals surface area (Å²) in [6, 6.07) is 15.4. The minimum atomic E-state index is -0.132. The largest absolute Gasteiger partial charge is 0.493 e. The monoisotopic (exact) mass is 265 g/mol. The van der Waals surface area contributed by atoms with Gasteiger partial charge in [0.05, 0.1) is 6.61 Å². The van der Waals surface area contributed by atoms with Crippen LogP contribution in [0.25, 0.3) is 6.08 Å². The molecule has 0 fully saturated rings. The lowest BCUT2D eigenvalue weighted by molar-refractivity contribution is -0.111. The quantitative estimate of drug-likeness (QED) is 0.865. The molecular formula is C17H15NO2. The van der Waals surface area contributed by atoms with Gasteiger partial charge in [0.25, 0.3) is 0 Å². The van der Waals surface area contributed by atoms with E-state index in [9.17, 15) is 4.79 Å². The number of anilines is 1. The topological polar surface area (TPSA) is 38.3 Å². The van der Waals surface area contributed by atoms with Gasteiger partial charge in [-0.1, -0.05) is 24.3 Å². The van der Waals surface area contributed by atoms with Gasteiger partial charge < -0.3 is 10.1 Å². The van der Waals surface area contributed by atoms with E-state index in [-0.39, 0.29) is 5.91 Å². The highest BCUT2D eigenvalue weighted by atomic mass is 16.5. The lowest BCUT2D eigenvalue weighted by atomic mass is 10.1. The molecule has 0 saturated carbocycles. The average molecular weight is 265 g/mol. The molecule has 0 aliphatic carbocycles. The summed E-state index contributed by atoms with van der Waals surface area (Å²) >= 11 is 0. The summed E-state index contributed by atoms with van der Waals surface area (Å²) in [7, 11) is 0. The number of nitrogens with one attached hydrogen (secondary N) is 1. The highest BCUT2D eigenvalue weighted by Crippen LogP contribution is 2.26. The van der Waals surface area contributed by atoms with Crippen LogP contribution in [-0.4, -0.2) is 12.5 Å². The fourth-order valence-corrected chi connectivity index (χ4v) is 2.19. The van der Waals surface area contributed by atoms with Crippen molar-refractivity contribution in [3.8, 4) is 5.75 Å². The Bertz CT molecular complexity index is 647. The van der Waals surface area contributed by atoms with Crippen molar-refractivity contribution >= 4 is 17.7 Å².